The summed E-state index contributed by atoms with van der Waals surface area (Å²) >= 11 is 6.06. The lowest BCUT2D eigenvalue weighted by Gasteiger charge is -2.37. The average Bonchev–Trinajstić information content (AvgIpc) is 2.39. The number of piperazine rings is 1. The molecule has 1 unspecified atom stereocenters. The Morgan fingerprint density at radius 2 is 2.32 bits per heavy atom. The van der Waals surface area contributed by atoms with Gasteiger partial charge in [0.2, 0.25) is 5.91 Å². The maximum atomic E-state index is 12.0. The van der Waals surface area contributed by atoms with Gasteiger partial charge in [-0.05, 0) is 37.2 Å². The lowest BCUT2D eigenvalue weighted by molar-refractivity contribution is -0.123. The molecule has 0 aromatic heterocycles. The number of anilines is 1. The van der Waals surface area contributed by atoms with Crippen molar-refractivity contribution in [2.24, 2.45) is 0 Å². The number of amides is 1. The minimum absolute atomic E-state index is 0.0921. The first kappa shape index (κ1) is 14.2. The van der Waals surface area contributed by atoms with E-state index in [2.05, 4.69) is 15.5 Å². The summed E-state index contributed by atoms with van der Waals surface area (Å²) in [7, 11) is 1.91. The van der Waals surface area contributed by atoms with E-state index >= 15 is 0 Å². The van der Waals surface area contributed by atoms with E-state index in [1.165, 1.54) is 0 Å². The van der Waals surface area contributed by atoms with Crippen LogP contribution in [0, 0.1) is 0 Å². The number of hydrogen-bond donors (Lipinski definition) is 2. The lowest BCUT2D eigenvalue weighted by Crippen LogP contribution is -2.55. The van der Waals surface area contributed by atoms with Crippen molar-refractivity contribution in [2.45, 2.75) is 25.9 Å². The van der Waals surface area contributed by atoms with E-state index in [1.54, 1.807) is 0 Å². The zero-order valence-corrected chi connectivity index (χ0v) is 12.1. The molecule has 0 spiro atoms. The summed E-state index contributed by atoms with van der Waals surface area (Å²) in [5, 5.41) is 6.80. The van der Waals surface area contributed by atoms with Crippen LogP contribution in [-0.4, -0.2) is 32.1 Å². The molecule has 0 aliphatic carbocycles. The van der Waals surface area contributed by atoms with Gasteiger partial charge in [-0.3, -0.25) is 4.79 Å². The largest absolute Gasteiger partial charge is 0.357 e. The van der Waals surface area contributed by atoms with Gasteiger partial charge in [-0.25, -0.2) is 0 Å². The van der Waals surface area contributed by atoms with Crippen LogP contribution in [0.5, 0.6) is 0 Å². The molecule has 0 saturated carbocycles. The number of rotatable bonds is 4. The Balaban J connectivity index is 2.36. The molecule has 0 bridgehead atoms. The first-order valence-corrected chi connectivity index (χ1v) is 7.02. The van der Waals surface area contributed by atoms with Gasteiger partial charge in [0, 0.05) is 30.3 Å². The molecule has 1 atom stereocenters. The standard InChI is InChI=1S/C14H20ClN3O/c1-3-12-14(19)17-6-7-18(12)13-5-4-11(15)8-10(13)9-16-2/h4-5,8,12,16H,3,6-7,9H2,1-2H3,(H,17,19). The van der Waals surface area contributed by atoms with Crippen LogP contribution in [0.15, 0.2) is 18.2 Å². The van der Waals surface area contributed by atoms with Gasteiger partial charge in [-0.1, -0.05) is 18.5 Å². The summed E-state index contributed by atoms with van der Waals surface area (Å²) in [6.07, 6.45) is 0.799. The zero-order chi connectivity index (χ0) is 13.8. The van der Waals surface area contributed by atoms with Crippen molar-refractivity contribution >= 4 is 23.2 Å². The van der Waals surface area contributed by atoms with Gasteiger partial charge in [0.15, 0.2) is 0 Å². The fraction of sp³-hybridized carbons (Fsp3) is 0.500. The van der Waals surface area contributed by atoms with E-state index < -0.39 is 0 Å². The summed E-state index contributed by atoms with van der Waals surface area (Å²) in [5.41, 5.74) is 2.23. The number of carbonyl (C=O) groups excluding carboxylic acids is 1. The molecular weight excluding hydrogens is 262 g/mol. The van der Waals surface area contributed by atoms with Crippen molar-refractivity contribution < 1.29 is 4.79 Å². The summed E-state index contributed by atoms with van der Waals surface area (Å²) in [6, 6.07) is 5.77. The van der Waals surface area contributed by atoms with E-state index in [4.69, 9.17) is 11.6 Å². The minimum atomic E-state index is -0.0921. The molecule has 1 aliphatic heterocycles. The number of nitrogens with one attached hydrogen (secondary N) is 2. The first-order chi connectivity index (χ1) is 9.17. The van der Waals surface area contributed by atoms with Gasteiger partial charge in [-0.2, -0.15) is 0 Å². The maximum Gasteiger partial charge on any atom is 0.242 e. The smallest absolute Gasteiger partial charge is 0.242 e. The third-order valence-electron chi connectivity index (χ3n) is 3.44. The van der Waals surface area contributed by atoms with Gasteiger partial charge in [-0.15, -0.1) is 0 Å². The molecule has 1 aliphatic rings. The Kier molecular flexibility index (Phi) is 4.66. The third-order valence-corrected chi connectivity index (χ3v) is 3.67. The second-order valence-electron chi connectivity index (χ2n) is 4.71. The highest BCUT2D eigenvalue weighted by Gasteiger charge is 2.29. The Morgan fingerprint density at radius 3 is 3.00 bits per heavy atom. The zero-order valence-electron chi connectivity index (χ0n) is 11.4. The fourth-order valence-corrected chi connectivity index (χ4v) is 2.77. The highest BCUT2D eigenvalue weighted by molar-refractivity contribution is 6.30. The van der Waals surface area contributed by atoms with Crippen LogP contribution in [0.1, 0.15) is 18.9 Å². The van der Waals surface area contributed by atoms with Gasteiger partial charge in [0.1, 0.15) is 6.04 Å². The maximum absolute atomic E-state index is 12.0. The second kappa shape index (κ2) is 6.26. The quantitative estimate of drug-likeness (QED) is 0.884. The van der Waals surface area contributed by atoms with Crippen LogP contribution >= 0.6 is 11.6 Å². The van der Waals surface area contributed by atoms with E-state index in [0.717, 1.165) is 35.8 Å². The van der Waals surface area contributed by atoms with E-state index in [9.17, 15) is 4.79 Å². The first-order valence-electron chi connectivity index (χ1n) is 6.64. The molecule has 1 fully saturated rings. The predicted molar refractivity (Wildman–Crippen MR) is 78.7 cm³/mol. The highest BCUT2D eigenvalue weighted by atomic mass is 35.5. The summed E-state index contributed by atoms with van der Waals surface area (Å²) in [6.45, 7) is 4.31. The molecule has 104 valence electrons. The molecule has 1 amide bonds. The molecule has 2 N–H and O–H groups in total. The van der Waals surface area contributed by atoms with Crippen molar-refractivity contribution in [2.75, 3.05) is 25.0 Å². The number of carbonyl (C=O) groups is 1. The monoisotopic (exact) mass is 281 g/mol. The van der Waals surface area contributed by atoms with Crippen LogP contribution in [-0.2, 0) is 11.3 Å². The van der Waals surface area contributed by atoms with Crippen molar-refractivity contribution in [1.82, 2.24) is 10.6 Å². The summed E-state index contributed by atoms with van der Waals surface area (Å²) in [4.78, 5) is 14.1. The van der Waals surface area contributed by atoms with Crippen LogP contribution in [0.4, 0.5) is 5.69 Å². The molecule has 1 saturated heterocycles. The summed E-state index contributed by atoms with van der Waals surface area (Å²) in [5.74, 6) is 0.110. The molecule has 0 radical (unpaired) electrons. The van der Waals surface area contributed by atoms with E-state index in [0.29, 0.717) is 6.54 Å². The Hall–Kier alpha value is -1.26. The number of halogens is 1. The van der Waals surface area contributed by atoms with Gasteiger partial charge in [0.25, 0.3) is 0 Å². The van der Waals surface area contributed by atoms with Crippen LogP contribution in [0.25, 0.3) is 0 Å². The molecule has 4 nitrogen and oxygen atoms in total. The van der Waals surface area contributed by atoms with Gasteiger partial charge >= 0.3 is 0 Å². The van der Waals surface area contributed by atoms with Crippen LogP contribution < -0.4 is 15.5 Å². The molecule has 1 aromatic carbocycles. The van der Waals surface area contributed by atoms with Crippen molar-refractivity contribution in [3.05, 3.63) is 28.8 Å². The lowest BCUT2D eigenvalue weighted by atomic mass is 10.1. The minimum Gasteiger partial charge on any atom is -0.357 e. The summed E-state index contributed by atoms with van der Waals surface area (Å²) < 4.78 is 0. The average molecular weight is 282 g/mol. The van der Waals surface area contributed by atoms with Crippen molar-refractivity contribution in [1.29, 1.82) is 0 Å². The molecule has 2 rings (SSSR count). The van der Waals surface area contributed by atoms with Crippen molar-refractivity contribution in [3.8, 4) is 0 Å². The topological polar surface area (TPSA) is 44.4 Å². The molecular formula is C14H20ClN3O. The van der Waals surface area contributed by atoms with Crippen molar-refractivity contribution in [3.63, 3.8) is 0 Å². The molecule has 1 aromatic rings. The number of nitrogens with zero attached hydrogens (tertiary/aromatic N) is 1. The number of hydrogen-bond acceptors (Lipinski definition) is 3. The Labute approximate surface area is 119 Å². The molecule has 19 heavy (non-hydrogen) atoms. The van der Waals surface area contributed by atoms with Gasteiger partial charge in [0.05, 0.1) is 0 Å². The van der Waals surface area contributed by atoms with Crippen LogP contribution in [0.3, 0.4) is 0 Å². The normalized spacial score (nSPS) is 19.4. The molecule has 1 heterocycles. The Morgan fingerprint density at radius 1 is 1.53 bits per heavy atom. The predicted octanol–water partition coefficient (Wildman–Crippen LogP) is 1.77. The molecule has 5 heteroatoms. The SMILES string of the molecule is CCC1C(=O)NCCN1c1ccc(Cl)cc1CNC. The van der Waals surface area contributed by atoms with E-state index in [1.807, 2.05) is 32.2 Å². The van der Waals surface area contributed by atoms with Crippen LogP contribution in [0.2, 0.25) is 5.02 Å². The van der Waals surface area contributed by atoms with Gasteiger partial charge < -0.3 is 15.5 Å². The fourth-order valence-electron chi connectivity index (χ4n) is 2.58. The Bertz CT molecular complexity index is 464. The third kappa shape index (κ3) is 3.01. The number of benzene rings is 1. The van der Waals surface area contributed by atoms with E-state index in [-0.39, 0.29) is 11.9 Å². The highest BCUT2D eigenvalue weighted by Crippen LogP contribution is 2.27. The second-order valence-corrected chi connectivity index (χ2v) is 5.15.